The van der Waals surface area contributed by atoms with Crippen molar-refractivity contribution in [2.75, 3.05) is 0 Å². The molecule has 0 amide bonds. The van der Waals surface area contributed by atoms with Crippen molar-refractivity contribution < 1.29 is 9.53 Å². The Kier molecular flexibility index (Phi) is 6.01. The highest BCUT2D eigenvalue weighted by Crippen LogP contribution is 2.25. The minimum atomic E-state index is -0.349. The van der Waals surface area contributed by atoms with Crippen LogP contribution in [0.15, 0.2) is 91.5 Å². The first-order valence-electron chi connectivity index (χ1n) is 9.96. The quantitative estimate of drug-likeness (QED) is 0.385. The van der Waals surface area contributed by atoms with Gasteiger partial charge < -0.3 is 9.30 Å². The third-order valence-electron chi connectivity index (χ3n) is 5.04. The van der Waals surface area contributed by atoms with E-state index in [2.05, 4.69) is 41.4 Å². The van der Waals surface area contributed by atoms with Crippen LogP contribution in [0, 0.1) is 0 Å². The van der Waals surface area contributed by atoms with E-state index in [0.717, 1.165) is 23.8 Å². The van der Waals surface area contributed by atoms with Gasteiger partial charge in [0.25, 0.3) is 0 Å². The first-order chi connectivity index (χ1) is 14.3. The predicted octanol–water partition coefficient (Wildman–Crippen LogP) is 5.34. The lowest BCUT2D eigenvalue weighted by Gasteiger charge is -2.19. The van der Waals surface area contributed by atoms with Crippen LogP contribution in [0.1, 0.15) is 30.1 Å². The maximum Gasteiger partial charge on any atom is 0.306 e. The molecule has 1 heterocycles. The van der Waals surface area contributed by atoms with Crippen molar-refractivity contribution in [2.24, 2.45) is 0 Å². The second-order valence-electron chi connectivity index (χ2n) is 7.18. The van der Waals surface area contributed by atoms with Crippen molar-refractivity contribution in [3.05, 3.63) is 103 Å². The lowest BCUT2D eigenvalue weighted by Crippen LogP contribution is -2.16. The summed E-state index contributed by atoms with van der Waals surface area (Å²) in [6.45, 7) is 0.544. The lowest BCUT2D eigenvalue weighted by atomic mass is 10.0. The number of aromatic nitrogens is 2. The van der Waals surface area contributed by atoms with Crippen LogP contribution in [0.3, 0.4) is 0 Å². The number of hydrogen-bond donors (Lipinski definition) is 0. The van der Waals surface area contributed by atoms with Gasteiger partial charge in [-0.15, -0.1) is 0 Å². The Morgan fingerprint density at radius 2 is 1.76 bits per heavy atom. The molecule has 3 aromatic carbocycles. The van der Waals surface area contributed by atoms with Gasteiger partial charge in [-0.2, -0.15) is 0 Å². The fourth-order valence-electron chi connectivity index (χ4n) is 3.50. The molecule has 4 rings (SSSR count). The molecule has 1 aromatic heterocycles. The van der Waals surface area contributed by atoms with Crippen LogP contribution >= 0.6 is 0 Å². The Labute approximate surface area is 170 Å². The van der Waals surface area contributed by atoms with Crippen molar-refractivity contribution >= 4 is 16.7 Å². The summed E-state index contributed by atoms with van der Waals surface area (Å²) in [5.74, 6) is -0.167. The number of benzene rings is 3. The summed E-state index contributed by atoms with van der Waals surface area (Å²) < 4.78 is 7.85. The molecular weight excluding hydrogens is 360 g/mol. The second-order valence-corrected chi connectivity index (χ2v) is 7.18. The van der Waals surface area contributed by atoms with Gasteiger partial charge in [-0.05, 0) is 40.8 Å². The van der Waals surface area contributed by atoms with Crippen LogP contribution < -0.4 is 0 Å². The van der Waals surface area contributed by atoms with Gasteiger partial charge >= 0.3 is 5.97 Å². The maximum absolute atomic E-state index is 12.6. The maximum atomic E-state index is 12.6. The zero-order valence-corrected chi connectivity index (χ0v) is 16.3. The minimum Gasteiger partial charge on any atom is -0.456 e. The standard InChI is InChI=1S/C25H24N2O2/c28-25(12-6-9-20-7-2-1-3-8-20)29-24(18-27-16-15-26-19-27)23-14-13-21-10-4-5-11-22(21)17-23/h1-5,7-8,10-11,13-17,19,24H,6,9,12,18H2. The SMILES string of the molecule is O=C(CCCc1ccccc1)OC(Cn1ccnc1)c1ccc2ccccc2c1. The topological polar surface area (TPSA) is 44.1 Å². The molecule has 146 valence electrons. The summed E-state index contributed by atoms with van der Waals surface area (Å²) in [7, 11) is 0. The van der Waals surface area contributed by atoms with Crippen molar-refractivity contribution in [1.82, 2.24) is 9.55 Å². The molecule has 0 radical (unpaired) electrons. The number of fused-ring (bicyclic) bond motifs is 1. The Balaban J connectivity index is 1.45. The van der Waals surface area contributed by atoms with Crippen LogP contribution in [0.5, 0.6) is 0 Å². The number of carbonyl (C=O) groups excluding carboxylic acids is 1. The third-order valence-corrected chi connectivity index (χ3v) is 5.04. The molecule has 0 bridgehead atoms. The zero-order valence-electron chi connectivity index (χ0n) is 16.3. The highest BCUT2D eigenvalue weighted by atomic mass is 16.5. The van der Waals surface area contributed by atoms with Crippen LogP contribution in [0.4, 0.5) is 0 Å². The lowest BCUT2D eigenvalue weighted by molar-refractivity contribution is -0.150. The average molecular weight is 384 g/mol. The zero-order chi connectivity index (χ0) is 19.9. The molecule has 4 aromatic rings. The molecule has 0 fully saturated rings. The van der Waals surface area contributed by atoms with Crippen LogP contribution in [-0.4, -0.2) is 15.5 Å². The highest BCUT2D eigenvalue weighted by Gasteiger charge is 2.18. The summed E-state index contributed by atoms with van der Waals surface area (Å²) in [6, 6.07) is 24.7. The third kappa shape index (κ3) is 5.11. The van der Waals surface area contributed by atoms with Crippen molar-refractivity contribution in [3.8, 4) is 0 Å². The second kappa shape index (κ2) is 9.20. The Morgan fingerprint density at radius 1 is 0.966 bits per heavy atom. The molecule has 0 N–H and O–H groups in total. The Hall–Kier alpha value is -3.40. The van der Waals surface area contributed by atoms with Crippen LogP contribution in [0.25, 0.3) is 10.8 Å². The monoisotopic (exact) mass is 384 g/mol. The van der Waals surface area contributed by atoms with E-state index in [1.807, 2.05) is 47.2 Å². The van der Waals surface area contributed by atoms with Gasteiger partial charge in [-0.3, -0.25) is 4.79 Å². The Morgan fingerprint density at radius 3 is 2.55 bits per heavy atom. The molecular formula is C25H24N2O2. The van der Waals surface area contributed by atoms with E-state index >= 15 is 0 Å². The number of ether oxygens (including phenoxy) is 1. The molecule has 0 aliphatic rings. The number of aryl methyl sites for hydroxylation is 1. The first-order valence-corrected chi connectivity index (χ1v) is 9.96. The van der Waals surface area contributed by atoms with Crippen molar-refractivity contribution in [2.45, 2.75) is 31.9 Å². The fourth-order valence-corrected chi connectivity index (χ4v) is 3.50. The number of carbonyl (C=O) groups is 1. The van der Waals surface area contributed by atoms with E-state index < -0.39 is 0 Å². The molecule has 29 heavy (non-hydrogen) atoms. The summed E-state index contributed by atoms with van der Waals surface area (Å²) in [5.41, 5.74) is 2.23. The van der Waals surface area contributed by atoms with Crippen molar-refractivity contribution in [3.63, 3.8) is 0 Å². The number of esters is 1. The molecule has 0 aliphatic carbocycles. The molecule has 0 saturated heterocycles. The van der Waals surface area contributed by atoms with Crippen molar-refractivity contribution in [1.29, 1.82) is 0 Å². The molecule has 0 spiro atoms. The van der Waals surface area contributed by atoms with E-state index in [9.17, 15) is 4.79 Å². The van der Waals surface area contributed by atoms with E-state index in [4.69, 9.17) is 4.74 Å². The summed E-state index contributed by atoms with van der Waals surface area (Å²) in [6.07, 6.45) is 7.07. The Bertz CT molecular complexity index is 1060. The fraction of sp³-hybridized carbons (Fsp3) is 0.200. The van der Waals surface area contributed by atoms with E-state index in [1.165, 1.54) is 10.9 Å². The van der Waals surface area contributed by atoms with Gasteiger partial charge in [0.1, 0.15) is 6.10 Å². The van der Waals surface area contributed by atoms with E-state index in [0.29, 0.717) is 13.0 Å². The van der Waals surface area contributed by atoms with Gasteiger partial charge in [0.05, 0.1) is 12.9 Å². The van der Waals surface area contributed by atoms with Gasteiger partial charge in [0.15, 0.2) is 0 Å². The molecule has 0 saturated carbocycles. The summed E-state index contributed by atoms with van der Waals surface area (Å²) >= 11 is 0. The summed E-state index contributed by atoms with van der Waals surface area (Å²) in [5, 5.41) is 2.31. The van der Waals surface area contributed by atoms with Crippen LogP contribution in [-0.2, 0) is 22.5 Å². The number of nitrogens with zero attached hydrogens (tertiary/aromatic N) is 2. The molecule has 0 aliphatic heterocycles. The molecule has 4 nitrogen and oxygen atoms in total. The largest absolute Gasteiger partial charge is 0.456 e. The van der Waals surface area contributed by atoms with Gasteiger partial charge in [0.2, 0.25) is 0 Å². The smallest absolute Gasteiger partial charge is 0.306 e. The predicted molar refractivity (Wildman–Crippen MR) is 114 cm³/mol. The molecule has 1 atom stereocenters. The van der Waals surface area contributed by atoms with Gasteiger partial charge in [-0.1, -0.05) is 66.7 Å². The minimum absolute atomic E-state index is 0.167. The molecule has 4 heteroatoms. The average Bonchev–Trinajstić information content (AvgIpc) is 3.27. The summed E-state index contributed by atoms with van der Waals surface area (Å²) in [4.78, 5) is 16.7. The van der Waals surface area contributed by atoms with E-state index in [-0.39, 0.29) is 12.1 Å². The van der Waals surface area contributed by atoms with E-state index in [1.54, 1.807) is 12.5 Å². The number of hydrogen-bond acceptors (Lipinski definition) is 3. The highest BCUT2D eigenvalue weighted by molar-refractivity contribution is 5.83. The first kappa shape index (κ1) is 18.9. The van der Waals surface area contributed by atoms with Crippen LogP contribution in [0.2, 0.25) is 0 Å². The molecule has 1 unspecified atom stereocenters. The number of rotatable bonds is 8. The van der Waals surface area contributed by atoms with Gasteiger partial charge in [0, 0.05) is 18.8 Å². The number of imidazole rings is 1. The normalized spacial score (nSPS) is 12.0. The van der Waals surface area contributed by atoms with Gasteiger partial charge in [-0.25, -0.2) is 4.98 Å².